The van der Waals surface area contributed by atoms with E-state index in [1.54, 1.807) is 0 Å². The normalized spacial score (nSPS) is 20.9. The Morgan fingerprint density at radius 1 is 1.56 bits per heavy atom. The van der Waals surface area contributed by atoms with Gasteiger partial charge in [-0.15, -0.1) is 0 Å². The number of fused-ring (bicyclic) bond motifs is 3. The lowest BCUT2D eigenvalue weighted by Crippen LogP contribution is -2.25. The van der Waals surface area contributed by atoms with Crippen LogP contribution in [0.4, 0.5) is 0 Å². The van der Waals surface area contributed by atoms with Crippen LogP contribution in [-0.4, -0.2) is 18.6 Å². The summed E-state index contributed by atoms with van der Waals surface area (Å²) in [6.07, 6.45) is 1.58. The molecule has 0 saturated carbocycles. The highest BCUT2D eigenvalue weighted by atomic mass is 16.6. The van der Waals surface area contributed by atoms with Crippen molar-refractivity contribution in [1.82, 2.24) is 0 Å². The lowest BCUT2D eigenvalue weighted by atomic mass is 9.98. The Kier molecular flexibility index (Phi) is 1.94. The third kappa shape index (κ3) is 1.16. The molecule has 0 fully saturated rings. The molecule has 0 saturated heterocycles. The second-order valence-corrected chi connectivity index (χ2v) is 4.21. The van der Waals surface area contributed by atoms with E-state index < -0.39 is 0 Å². The van der Waals surface area contributed by atoms with Crippen LogP contribution in [0.15, 0.2) is 6.07 Å². The van der Waals surface area contributed by atoms with Gasteiger partial charge < -0.3 is 15.2 Å². The summed E-state index contributed by atoms with van der Waals surface area (Å²) >= 11 is 0. The molecule has 1 atom stereocenters. The van der Waals surface area contributed by atoms with Gasteiger partial charge in [0.05, 0.1) is 6.61 Å². The fraction of sp³-hybridized carbons (Fsp3) is 0.417. The summed E-state index contributed by atoms with van der Waals surface area (Å²) in [5.41, 5.74) is 8.78. The summed E-state index contributed by atoms with van der Waals surface area (Å²) in [5, 5.41) is 0. The average molecular weight is 219 g/mol. The molecular weight excluding hydrogens is 206 g/mol. The van der Waals surface area contributed by atoms with E-state index in [0.717, 1.165) is 24.0 Å². The number of nitrogens with two attached hydrogens (primary N) is 1. The van der Waals surface area contributed by atoms with Crippen LogP contribution in [-0.2, 0) is 12.8 Å². The quantitative estimate of drug-likeness (QED) is 0.755. The van der Waals surface area contributed by atoms with E-state index in [-0.39, 0.29) is 12.0 Å². The summed E-state index contributed by atoms with van der Waals surface area (Å²) in [6.45, 7) is 2.47. The molecule has 4 heteroatoms. The van der Waals surface area contributed by atoms with Crippen molar-refractivity contribution in [2.24, 2.45) is 5.73 Å². The lowest BCUT2D eigenvalue weighted by Gasteiger charge is -2.23. The highest BCUT2D eigenvalue weighted by molar-refractivity contribution is 6.04. The molecule has 0 bridgehead atoms. The maximum absolute atomic E-state index is 11.4. The smallest absolute Gasteiger partial charge is 0.347 e. The van der Waals surface area contributed by atoms with Crippen LogP contribution in [0.25, 0.3) is 0 Å². The fourth-order valence-electron chi connectivity index (χ4n) is 2.44. The van der Waals surface area contributed by atoms with E-state index in [2.05, 4.69) is 0 Å². The molecule has 1 aliphatic carbocycles. The monoisotopic (exact) mass is 219 g/mol. The first kappa shape index (κ1) is 9.66. The molecule has 1 aliphatic heterocycles. The summed E-state index contributed by atoms with van der Waals surface area (Å²) in [5.74, 6) is 1.02. The maximum Gasteiger partial charge on any atom is 0.347 e. The van der Waals surface area contributed by atoms with E-state index in [0.29, 0.717) is 23.7 Å². The van der Waals surface area contributed by atoms with Gasteiger partial charge in [-0.3, -0.25) is 0 Å². The van der Waals surface area contributed by atoms with Gasteiger partial charge in [-0.1, -0.05) is 0 Å². The molecule has 0 radical (unpaired) electrons. The van der Waals surface area contributed by atoms with Gasteiger partial charge in [0.15, 0.2) is 11.5 Å². The minimum absolute atomic E-state index is 0.115. The van der Waals surface area contributed by atoms with Crippen molar-refractivity contribution in [3.63, 3.8) is 0 Å². The second kappa shape index (κ2) is 3.22. The van der Waals surface area contributed by atoms with Crippen LogP contribution < -0.4 is 15.2 Å². The predicted molar refractivity (Wildman–Crippen MR) is 58.0 cm³/mol. The zero-order chi connectivity index (χ0) is 11.3. The number of carbonyl (C=O) groups excluding carboxylic acids is 1. The van der Waals surface area contributed by atoms with E-state index in [1.807, 2.05) is 13.0 Å². The third-order valence-electron chi connectivity index (χ3n) is 3.09. The standard InChI is InChI=1S/C12H13NO3/c1-2-15-9-4-6-3-7(13)5-8(6)10-11(9)16-12(10)14/h4,7H,2-3,5,13H2,1H3. The van der Waals surface area contributed by atoms with E-state index in [1.165, 1.54) is 0 Å². The molecule has 1 aromatic rings. The minimum atomic E-state index is -0.248. The number of rotatable bonds is 2. The Morgan fingerprint density at radius 3 is 3.06 bits per heavy atom. The largest absolute Gasteiger partial charge is 0.490 e. The van der Waals surface area contributed by atoms with Crippen molar-refractivity contribution in [3.05, 3.63) is 22.8 Å². The van der Waals surface area contributed by atoms with E-state index in [9.17, 15) is 4.79 Å². The lowest BCUT2D eigenvalue weighted by molar-refractivity contribution is 0.0646. The number of hydrogen-bond donors (Lipinski definition) is 1. The van der Waals surface area contributed by atoms with Crippen LogP contribution in [0.1, 0.15) is 28.4 Å². The molecule has 3 rings (SSSR count). The zero-order valence-electron chi connectivity index (χ0n) is 9.08. The van der Waals surface area contributed by atoms with Gasteiger partial charge in [0.25, 0.3) is 0 Å². The molecule has 1 unspecified atom stereocenters. The molecule has 0 amide bonds. The average Bonchev–Trinajstić information content (AvgIpc) is 2.55. The Hall–Kier alpha value is -1.55. The molecule has 0 aromatic heterocycles. The molecule has 4 nitrogen and oxygen atoms in total. The topological polar surface area (TPSA) is 61.5 Å². The van der Waals surface area contributed by atoms with Crippen molar-refractivity contribution >= 4 is 5.97 Å². The number of carbonyl (C=O) groups is 1. The summed E-state index contributed by atoms with van der Waals surface area (Å²) in [4.78, 5) is 11.4. The highest BCUT2D eigenvalue weighted by Gasteiger charge is 2.38. The van der Waals surface area contributed by atoms with Gasteiger partial charge in [0.2, 0.25) is 0 Å². The molecule has 2 N–H and O–H groups in total. The number of benzene rings is 1. The van der Waals surface area contributed by atoms with Gasteiger partial charge >= 0.3 is 5.97 Å². The van der Waals surface area contributed by atoms with Gasteiger partial charge in [-0.05, 0) is 37.0 Å². The van der Waals surface area contributed by atoms with Crippen LogP contribution in [0, 0.1) is 0 Å². The molecule has 2 aliphatic rings. The molecular formula is C12H13NO3. The Bertz CT molecular complexity index is 481. The molecule has 1 heterocycles. The Labute approximate surface area is 93.3 Å². The molecule has 84 valence electrons. The van der Waals surface area contributed by atoms with Crippen LogP contribution >= 0.6 is 0 Å². The minimum Gasteiger partial charge on any atom is -0.490 e. The van der Waals surface area contributed by atoms with Crippen molar-refractivity contribution in [3.8, 4) is 11.5 Å². The Balaban J connectivity index is 2.14. The number of esters is 1. The van der Waals surface area contributed by atoms with Crippen molar-refractivity contribution in [2.45, 2.75) is 25.8 Å². The molecule has 16 heavy (non-hydrogen) atoms. The van der Waals surface area contributed by atoms with Crippen LogP contribution in [0.2, 0.25) is 0 Å². The summed E-state index contributed by atoms with van der Waals surface area (Å²) < 4.78 is 10.5. The highest BCUT2D eigenvalue weighted by Crippen LogP contribution is 2.45. The third-order valence-corrected chi connectivity index (χ3v) is 3.09. The SMILES string of the molecule is CCOc1cc2c(c3c1OC3=O)CC(N)C2. The van der Waals surface area contributed by atoms with Gasteiger partial charge in [-0.2, -0.15) is 0 Å². The van der Waals surface area contributed by atoms with Crippen molar-refractivity contribution < 1.29 is 14.3 Å². The van der Waals surface area contributed by atoms with Crippen molar-refractivity contribution in [1.29, 1.82) is 0 Å². The molecule has 0 spiro atoms. The summed E-state index contributed by atoms with van der Waals surface area (Å²) in [6, 6.07) is 2.07. The Morgan fingerprint density at radius 2 is 2.38 bits per heavy atom. The van der Waals surface area contributed by atoms with E-state index >= 15 is 0 Å². The predicted octanol–water partition coefficient (Wildman–Crippen LogP) is 1.04. The van der Waals surface area contributed by atoms with Crippen LogP contribution in [0.5, 0.6) is 11.5 Å². The number of ether oxygens (including phenoxy) is 2. The molecule has 1 aromatic carbocycles. The van der Waals surface area contributed by atoms with Crippen molar-refractivity contribution in [2.75, 3.05) is 6.61 Å². The van der Waals surface area contributed by atoms with Gasteiger partial charge in [-0.25, -0.2) is 4.79 Å². The number of hydrogen-bond acceptors (Lipinski definition) is 4. The first-order valence-corrected chi connectivity index (χ1v) is 5.50. The fourth-order valence-corrected chi connectivity index (χ4v) is 2.44. The second-order valence-electron chi connectivity index (χ2n) is 4.21. The van der Waals surface area contributed by atoms with E-state index in [4.69, 9.17) is 15.2 Å². The first-order chi connectivity index (χ1) is 7.70. The zero-order valence-corrected chi connectivity index (χ0v) is 9.08. The van der Waals surface area contributed by atoms with Gasteiger partial charge in [0, 0.05) is 6.04 Å². The summed E-state index contributed by atoms with van der Waals surface area (Å²) in [7, 11) is 0. The van der Waals surface area contributed by atoms with Gasteiger partial charge in [0.1, 0.15) is 5.56 Å². The van der Waals surface area contributed by atoms with Crippen LogP contribution in [0.3, 0.4) is 0 Å². The maximum atomic E-state index is 11.4. The first-order valence-electron chi connectivity index (χ1n) is 5.50.